The summed E-state index contributed by atoms with van der Waals surface area (Å²) < 4.78 is 28.2. The third kappa shape index (κ3) is 4.43. The molecule has 3 aromatic rings. The van der Waals surface area contributed by atoms with Crippen LogP contribution in [0.2, 0.25) is 0 Å². The van der Waals surface area contributed by atoms with Crippen molar-refractivity contribution in [1.29, 1.82) is 0 Å². The van der Waals surface area contributed by atoms with E-state index in [1.54, 1.807) is 22.6 Å². The van der Waals surface area contributed by atoms with Crippen molar-refractivity contribution in [2.75, 3.05) is 25.1 Å². The second-order valence-electron chi connectivity index (χ2n) is 7.66. The van der Waals surface area contributed by atoms with E-state index in [0.717, 1.165) is 6.42 Å². The molecule has 0 radical (unpaired) electrons. The van der Waals surface area contributed by atoms with Crippen LogP contribution in [-0.4, -0.2) is 68.9 Å². The molecular formula is C20H24N6O4S2. The number of nitrogens with zero attached hydrogens (tertiary/aromatic N) is 5. The van der Waals surface area contributed by atoms with E-state index < -0.39 is 10.0 Å². The molecule has 170 valence electrons. The van der Waals surface area contributed by atoms with Gasteiger partial charge in [-0.3, -0.25) is 18.6 Å². The van der Waals surface area contributed by atoms with Gasteiger partial charge in [-0.1, -0.05) is 30.0 Å². The van der Waals surface area contributed by atoms with Crippen LogP contribution in [-0.2, 0) is 21.4 Å². The van der Waals surface area contributed by atoms with E-state index in [1.165, 1.54) is 26.9 Å². The van der Waals surface area contributed by atoms with Gasteiger partial charge in [-0.05, 0) is 25.0 Å². The molecule has 1 aliphatic rings. The number of carbonyl (C=O) groups is 1. The molecule has 1 aromatic carbocycles. The smallest absolute Gasteiger partial charge is 0.263 e. The number of thioether (sulfide) groups is 1. The van der Waals surface area contributed by atoms with Crippen LogP contribution in [0.3, 0.4) is 0 Å². The van der Waals surface area contributed by atoms with Crippen LogP contribution in [0.5, 0.6) is 0 Å². The maximum absolute atomic E-state index is 12.8. The molecular weight excluding hydrogens is 452 g/mol. The number of amides is 1. The van der Waals surface area contributed by atoms with E-state index in [0.29, 0.717) is 34.8 Å². The second-order valence-corrected chi connectivity index (χ2v) is 10.6. The van der Waals surface area contributed by atoms with Crippen molar-refractivity contribution >= 4 is 44.4 Å². The van der Waals surface area contributed by atoms with Gasteiger partial charge in [-0.25, -0.2) is 12.7 Å². The van der Waals surface area contributed by atoms with Crippen LogP contribution in [0.25, 0.3) is 16.7 Å². The lowest BCUT2D eigenvalue weighted by Crippen LogP contribution is -2.49. The largest absolute Gasteiger partial charge is 0.351 e. The number of para-hydroxylation sites is 1. The van der Waals surface area contributed by atoms with E-state index in [4.69, 9.17) is 0 Å². The highest BCUT2D eigenvalue weighted by Gasteiger charge is 2.27. The number of hydrogen-bond donors (Lipinski definition) is 1. The van der Waals surface area contributed by atoms with Gasteiger partial charge in [0.1, 0.15) is 0 Å². The first kappa shape index (κ1) is 22.5. The number of piperidine rings is 1. The molecule has 1 fully saturated rings. The zero-order valence-corrected chi connectivity index (χ0v) is 19.2. The maximum atomic E-state index is 12.8. The van der Waals surface area contributed by atoms with Crippen molar-refractivity contribution in [3.05, 3.63) is 47.3 Å². The molecule has 1 N–H and O–H groups in total. The van der Waals surface area contributed by atoms with Gasteiger partial charge in [-0.15, -0.1) is 16.8 Å². The van der Waals surface area contributed by atoms with Gasteiger partial charge in [-0.2, -0.15) is 0 Å². The van der Waals surface area contributed by atoms with Crippen molar-refractivity contribution in [1.82, 2.24) is 28.8 Å². The Bertz CT molecular complexity index is 1350. The van der Waals surface area contributed by atoms with Crippen molar-refractivity contribution in [3.8, 4) is 0 Å². The van der Waals surface area contributed by atoms with Crippen LogP contribution in [0.1, 0.15) is 12.8 Å². The van der Waals surface area contributed by atoms with Crippen LogP contribution < -0.4 is 10.9 Å². The average molecular weight is 477 g/mol. The molecule has 1 amide bonds. The number of fused-ring (bicyclic) bond motifs is 3. The highest BCUT2D eigenvalue weighted by Crippen LogP contribution is 2.22. The molecule has 3 heterocycles. The first-order valence-electron chi connectivity index (χ1n) is 10.1. The molecule has 32 heavy (non-hydrogen) atoms. The fourth-order valence-electron chi connectivity index (χ4n) is 3.88. The number of sulfonamides is 1. The molecule has 1 saturated heterocycles. The van der Waals surface area contributed by atoms with Crippen molar-refractivity contribution < 1.29 is 13.2 Å². The Morgan fingerprint density at radius 3 is 2.88 bits per heavy atom. The minimum absolute atomic E-state index is 0.0884. The number of nitrogens with one attached hydrogen (secondary N) is 1. The monoisotopic (exact) mass is 476 g/mol. The van der Waals surface area contributed by atoms with Crippen LogP contribution >= 0.6 is 11.8 Å². The summed E-state index contributed by atoms with van der Waals surface area (Å²) in [6.07, 6.45) is 4.23. The Labute approximate surface area is 189 Å². The Kier molecular flexibility index (Phi) is 6.35. The van der Waals surface area contributed by atoms with Crippen LogP contribution in [0.4, 0.5) is 0 Å². The average Bonchev–Trinajstić information content (AvgIpc) is 3.19. The molecule has 0 aliphatic carbocycles. The fourth-order valence-corrected chi connectivity index (χ4v) is 5.54. The number of allylic oxidation sites excluding steroid dienone is 1. The van der Waals surface area contributed by atoms with Crippen LogP contribution in [0, 0.1) is 0 Å². The topological polar surface area (TPSA) is 119 Å². The standard InChI is InChI=1S/C20H24N6O4S2/c1-3-10-25-18(28)15-8-4-5-9-16(15)26-19(25)22-23-20(26)31-13-17(27)21-14-7-6-11-24(12-14)32(2,29)30/h3-5,8-9,14H,1,6-7,10-13H2,2H3,(H,21,27). The zero-order chi connectivity index (χ0) is 22.9. The van der Waals surface area contributed by atoms with E-state index in [-0.39, 0.29) is 36.4 Å². The number of hydrogen-bond acceptors (Lipinski definition) is 7. The molecule has 0 spiro atoms. The Morgan fingerprint density at radius 2 is 2.12 bits per heavy atom. The van der Waals surface area contributed by atoms with Gasteiger partial charge < -0.3 is 5.32 Å². The SMILES string of the molecule is C=CCn1c(=O)c2ccccc2n2c(SCC(=O)NC3CCCN(S(C)(=O)=O)C3)nnc12. The molecule has 10 nitrogen and oxygen atoms in total. The lowest BCUT2D eigenvalue weighted by atomic mass is 10.1. The number of carbonyl (C=O) groups excluding carboxylic acids is 1. The van der Waals surface area contributed by atoms with Gasteiger partial charge in [0.15, 0.2) is 5.16 Å². The lowest BCUT2D eigenvalue weighted by Gasteiger charge is -2.31. The summed E-state index contributed by atoms with van der Waals surface area (Å²) in [5.41, 5.74) is 0.485. The normalized spacial score (nSPS) is 17.6. The highest BCUT2D eigenvalue weighted by molar-refractivity contribution is 7.99. The molecule has 12 heteroatoms. The predicted octanol–water partition coefficient (Wildman–Crippen LogP) is 0.862. The molecule has 2 aromatic heterocycles. The quantitative estimate of drug-likeness (QED) is 0.397. The second kappa shape index (κ2) is 9.04. The van der Waals surface area contributed by atoms with E-state index in [2.05, 4.69) is 22.1 Å². The molecule has 1 atom stereocenters. The number of rotatable bonds is 7. The minimum Gasteiger partial charge on any atom is -0.351 e. The van der Waals surface area contributed by atoms with E-state index in [1.807, 2.05) is 12.1 Å². The van der Waals surface area contributed by atoms with Gasteiger partial charge >= 0.3 is 0 Å². The number of benzene rings is 1. The minimum atomic E-state index is -3.28. The molecule has 4 rings (SSSR count). The summed E-state index contributed by atoms with van der Waals surface area (Å²) in [5.74, 6) is 0.258. The fraction of sp³-hybridized carbons (Fsp3) is 0.400. The van der Waals surface area contributed by atoms with Gasteiger partial charge in [0.2, 0.25) is 21.7 Å². The van der Waals surface area contributed by atoms with Crippen molar-refractivity contribution in [2.24, 2.45) is 0 Å². The number of aromatic nitrogens is 4. The Hall–Kier alpha value is -2.70. The Morgan fingerprint density at radius 1 is 1.34 bits per heavy atom. The predicted molar refractivity (Wildman–Crippen MR) is 123 cm³/mol. The van der Waals surface area contributed by atoms with E-state index >= 15 is 0 Å². The first-order valence-corrected chi connectivity index (χ1v) is 13.0. The van der Waals surface area contributed by atoms with Gasteiger partial charge in [0.25, 0.3) is 5.56 Å². The van der Waals surface area contributed by atoms with Gasteiger partial charge in [0, 0.05) is 25.7 Å². The summed E-state index contributed by atoms with van der Waals surface area (Å²) in [6, 6.07) is 6.96. The highest BCUT2D eigenvalue weighted by atomic mass is 32.2. The van der Waals surface area contributed by atoms with Gasteiger partial charge in [0.05, 0.1) is 22.9 Å². The summed E-state index contributed by atoms with van der Waals surface area (Å²) in [7, 11) is -3.28. The maximum Gasteiger partial charge on any atom is 0.263 e. The van der Waals surface area contributed by atoms with Crippen LogP contribution in [0.15, 0.2) is 46.9 Å². The zero-order valence-electron chi connectivity index (χ0n) is 17.6. The van der Waals surface area contributed by atoms with Crippen molar-refractivity contribution in [3.63, 3.8) is 0 Å². The lowest BCUT2D eigenvalue weighted by molar-refractivity contribution is -0.119. The summed E-state index contributed by atoms with van der Waals surface area (Å²) >= 11 is 1.21. The summed E-state index contributed by atoms with van der Waals surface area (Å²) in [6.45, 7) is 4.75. The third-order valence-electron chi connectivity index (χ3n) is 5.34. The molecule has 0 bridgehead atoms. The third-order valence-corrected chi connectivity index (χ3v) is 7.54. The molecule has 1 unspecified atom stereocenters. The first-order chi connectivity index (χ1) is 15.3. The summed E-state index contributed by atoms with van der Waals surface area (Å²) in [4.78, 5) is 25.4. The van der Waals surface area contributed by atoms with E-state index in [9.17, 15) is 18.0 Å². The molecule has 0 saturated carbocycles. The summed E-state index contributed by atoms with van der Waals surface area (Å²) in [5, 5.41) is 12.3. The molecule has 1 aliphatic heterocycles. The van der Waals surface area contributed by atoms with Crippen molar-refractivity contribution in [2.45, 2.75) is 30.6 Å². The Balaban J connectivity index is 1.54.